The maximum atomic E-state index is 4.61. The van der Waals surface area contributed by atoms with E-state index in [-0.39, 0.29) is 0 Å². The largest absolute Gasteiger partial charge is 0.254 e. The van der Waals surface area contributed by atoms with Gasteiger partial charge >= 0.3 is 0 Å². The fraction of sp³-hybridized carbons (Fsp3) is 0.231. The molecule has 0 saturated carbocycles. The Balaban J connectivity index is 2.32. The van der Waals surface area contributed by atoms with E-state index in [1.807, 2.05) is 18.3 Å². The highest BCUT2D eigenvalue weighted by Gasteiger charge is 2.07. The van der Waals surface area contributed by atoms with Gasteiger partial charge in [0, 0.05) is 5.39 Å². The summed E-state index contributed by atoms with van der Waals surface area (Å²) in [6.45, 7) is 2.18. The summed E-state index contributed by atoms with van der Waals surface area (Å²) in [6, 6.07) is 8.25. The zero-order valence-electron chi connectivity index (χ0n) is 9.10. The van der Waals surface area contributed by atoms with Crippen LogP contribution in [0.5, 0.6) is 0 Å². The van der Waals surface area contributed by atoms with Crippen LogP contribution >= 0.6 is 11.3 Å². The van der Waals surface area contributed by atoms with Gasteiger partial charge in [-0.25, -0.2) is 4.98 Å². The first-order valence-corrected chi connectivity index (χ1v) is 6.33. The van der Waals surface area contributed by atoms with Gasteiger partial charge in [-0.15, -0.1) is 11.3 Å². The quantitative estimate of drug-likeness (QED) is 0.666. The number of aromatic nitrogens is 2. The number of aryl methyl sites for hydroxylation is 1. The summed E-state index contributed by atoms with van der Waals surface area (Å²) in [4.78, 5) is 9.04. The van der Waals surface area contributed by atoms with E-state index in [0.29, 0.717) is 0 Å². The van der Waals surface area contributed by atoms with Crippen LogP contribution in [0.4, 0.5) is 0 Å². The van der Waals surface area contributed by atoms with Crippen molar-refractivity contribution in [1.29, 1.82) is 0 Å². The van der Waals surface area contributed by atoms with Gasteiger partial charge in [-0.1, -0.05) is 25.1 Å². The fourth-order valence-electron chi connectivity index (χ4n) is 1.89. The molecule has 0 aliphatic rings. The van der Waals surface area contributed by atoms with Crippen LogP contribution in [0.15, 0.2) is 30.5 Å². The maximum Gasteiger partial charge on any atom is 0.100 e. The SMILES string of the molecule is CCCc1nc2cnc3ccccc3c2s1. The molecule has 0 radical (unpaired) electrons. The molecule has 0 aliphatic carbocycles. The summed E-state index contributed by atoms with van der Waals surface area (Å²) < 4.78 is 1.27. The third kappa shape index (κ3) is 1.48. The molecular weight excluding hydrogens is 216 g/mol. The zero-order valence-corrected chi connectivity index (χ0v) is 9.92. The van der Waals surface area contributed by atoms with Gasteiger partial charge in [0.25, 0.3) is 0 Å². The van der Waals surface area contributed by atoms with Crippen LogP contribution in [0.3, 0.4) is 0 Å². The normalized spacial score (nSPS) is 11.3. The van der Waals surface area contributed by atoms with Crippen molar-refractivity contribution in [2.24, 2.45) is 0 Å². The Bertz CT molecular complexity index is 643. The van der Waals surface area contributed by atoms with Gasteiger partial charge < -0.3 is 0 Å². The second-order valence-corrected chi connectivity index (χ2v) is 4.93. The van der Waals surface area contributed by atoms with E-state index in [1.165, 1.54) is 15.1 Å². The van der Waals surface area contributed by atoms with Crippen LogP contribution in [0.2, 0.25) is 0 Å². The predicted octanol–water partition coefficient (Wildman–Crippen LogP) is 3.80. The molecule has 80 valence electrons. The molecule has 0 aliphatic heterocycles. The molecule has 3 aromatic rings. The average molecular weight is 228 g/mol. The molecule has 1 aromatic carbocycles. The van der Waals surface area contributed by atoms with Crippen molar-refractivity contribution in [2.75, 3.05) is 0 Å². The molecule has 16 heavy (non-hydrogen) atoms. The molecule has 3 rings (SSSR count). The summed E-state index contributed by atoms with van der Waals surface area (Å²) in [7, 11) is 0. The van der Waals surface area contributed by atoms with Crippen molar-refractivity contribution < 1.29 is 0 Å². The Morgan fingerprint density at radius 3 is 2.94 bits per heavy atom. The Labute approximate surface area is 98.0 Å². The van der Waals surface area contributed by atoms with Crippen molar-refractivity contribution in [3.8, 4) is 0 Å². The van der Waals surface area contributed by atoms with Gasteiger partial charge in [-0.05, 0) is 18.9 Å². The highest BCUT2D eigenvalue weighted by molar-refractivity contribution is 7.19. The maximum absolute atomic E-state index is 4.61. The van der Waals surface area contributed by atoms with Gasteiger partial charge in [-0.3, -0.25) is 4.98 Å². The molecule has 0 saturated heterocycles. The van der Waals surface area contributed by atoms with Crippen LogP contribution < -0.4 is 0 Å². The van der Waals surface area contributed by atoms with Crippen LogP contribution in [-0.2, 0) is 6.42 Å². The third-order valence-electron chi connectivity index (χ3n) is 2.64. The van der Waals surface area contributed by atoms with Crippen molar-refractivity contribution in [3.63, 3.8) is 0 Å². The predicted molar refractivity (Wildman–Crippen MR) is 68.9 cm³/mol. The van der Waals surface area contributed by atoms with Crippen LogP contribution in [0.25, 0.3) is 21.1 Å². The molecule has 0 amide bonds. The lowest BCUT2D eigenvalue weighted by Crippen LogP contribution is -1.80. The number of thiazole rings is 1. The molecule has 2 nitrogen and oxygen atoms in total. The van der Waals surface area contributed by atoms with Crippen molar-refractivity contribution in [1.82, 2.24) is 9.97 Å². The molecule has 0 unspecified atom stereocenters. The molecule has 0 bridgehead atoms. The van der Waals surface area contributed by atoms with Crippen molar-refractivity contribution >= 4 is 32.5 Å². The average Bonchev–Trinajstić information content (AvgIpc) is 2.72. The van der Waals surface area contributed by atoms with Crippen LogP contribution in [0, 0.1) is 0 Å². The number of pyridine rings is 1. The number of hydrogen-bond donors (Lipinski definition) is 0. The topological polar surface area (TPSA) is 25.8 Å². The third-order valence-corrected chi connectivity index (χ3v) is 3.80. The molecule has 2 aromatic heterocycles. The molecule has 3 heteroatoms. The number of nitrogens with zero attached hydrogens (tertiary/aromatic N) is 2. The second-order valence-electron chi connectivity index (χ2n) is 3.85. The van der Waals surface area contributed by atoms with Gasteiger partial charge in [0.2, 0.25) is 0 Å². The molecule has 2 heterocycles. The van der Waals surface area contributed by atoms with E-state index >= 15 is 0 Å². The highest BCUT2D eigenvalue weighted by Crippen LogP contribution is 2.29. The van der Waals surface area contributed by atoms with E-state index in [0.717, 1.165) is 23.9 Å². The number of para-hydroxylation sites is 1. The van der Waals surface area contributed by atoms with Gasteiger partial charge in [0.1, 0.15) is 5.52 Å². The summed E-state index contributed by atoms with van der Waals surface area (Å²) in [6.07, 6.45) is 4.09. The first kappa shape index (κ1) is 9.73. The Morgan fingerprint density at radius 1 is 1.19 bits per heavy atom. The Hall–Kier alpha value is -1.48. The summed E-state index contributed by atoms with van der Waals surface area (Å²) in [5, 5.41) is 2.44. The van der Waals surface area contributed by atoms with Gasteiger partial charge in [0.05, 0.1) is 21.4 Å². The van der Waals surface area contributed by atoms with Gasteiger partial charge in [-0.2, -0.15) is 0 Å². The Morgan fingerprint density at radius 2 is 2.06 bits per heavy atom. The van der Waals surface area contributed by atoms with Crippen molar-refractivity contribution in [2.45, 2.75) is 19.8 Å². The minimum atomic E-state index is 1.03. The number of rotatable bonds is 2. The molecular formula is C13H12N2S. The summed E-state index contributed by atoms with van der Waals surface area (Å²) in [5.74, 6) is 0. The summed E-state index contributed by atoms with van der Waals surface area (Å²) >= 11 is 1.80. The number of fused-ring (bicyclic) bond motifs is 3. The first-order valence-electron chi connectivity index (χ1n) is 5.51. The lowest BCUT2D eigenvalue weighted by atomic mass is 10.2. The zero-order chi connectivity index (χ0) is 11.0. The van der Waals surface area contributed by atoms with E-state index in [2.05, 4.69) is 29.0 Å². The first-order chi connectivity index (χ1) is 7.88. The van der Waals surface area contributed by atoms with E-state index < -0.39 is 0 Å². The smallest absolute Gasteiger partial charge is 0.100 e. The minimum Gasteiger partial charge on any atom is -0.254 e. The Kier molecular flexibility index (Phi) is 2.33. The minimum absolute atomic E-state index is 1.03. The van der Waals surface area contributed by atoms with E-state index in [4.69, 9.17) is 0 Å². The van der Waals surface area contributed by atoms with E-state index in [1.54, 1.807) is 11.3 Å². The second kappa shape index (κ2) is 3.83. The lowest BCUT2D eigenvalue weighted by molar-refractivity contribution is 0.912. The van der Waals surface area contributed by atoms with E-state index in [9.17, 15) is 0 Å². The highest BCUT2D eigenvalue weighted by atomic mass is 32.1. The molecule has 0 N–H and O–H groups in total. The van der Waals surface area contributed by atoms with Gasteiger partial charge in [0.15, 0.2) is 0 Å². The molecule has 0 fully saturated rings. The lowest BCUT2D eigenvalue weighted by Gasteiger charge is -1.95. The molecule has 0 spiro atoms. The standard InChI is InChI=1S/C13H12N2S/c1-2-5-12-15-11-8-14-10-7-4-3-6-9(10)13(11)16-12/h3-4,6-8H,2,5H2,1H3. The monoisotopic (exact) mass is 228 g/mol. The van der Waals surface area contributed by atoms with Crippen LogP contribution in [-0.4, -0.2) is 9.97 Å². The molecule has 0 atom stereocenters. The summed E-state index contributed by atoms with van der Waals surface area (Å²) in [5.41, 5.74) is 2.09. The van der Waals surface area contributed by atoms with Crippen molar-refractivity contribution in [3.05, 3.63) is 35.5 Å². The van der Waals surface area contributed by atoms with Crippen LogP contribution in [0.1, 0.15) is 18.4 Å². The number of benzene rings is 1. The fourth-order valence-corrected chi connectivity index (χ4v) is 3.06. The number of hydrogen-bond acceptors (Lipinski definition) is 3.